The fourth-order valence-corrected chi connectivity index (χ4v) is 3.95. The average molecular weight is 334 g/mol. The fourth-order valence-electron chi connectivity index (χ4n) is 3.95. The number of benzene rings is 1. The van der Waals surface area contributed by atoms with Gasteiger partial charge in [0, 0.05) is 32.2 Å². The Balaban J connectivity index is 1.58. The molecule has 0 saturated carbocycles. The molecule has 4 nitrogen and oxygen atoms in total. The highest BCUT2D eigenvalue weighted by Gasteiger charge is 2.35. The van der Waals surface area contributed by atoms with E-state index in [1.165, 1.54) is 25.3 Å². The van der Waals surface area contributed by atoms with Gasteiger partial charge in [-0.05, 0) is 43.5 Å². The third-order valence-corrected chi connectivity index (χ3v) is 5.40. The molecular formula is C19H27FN2O2. The molecule has 1 N–H and O–H groups in total. The van der Waals surface area contributed by atoms with Crippen LogP contribution in [0.2, 0.25) is 0 Å². The number of rotatable bonds is 5. The predicted molar refractivity (Wildman–Crippen MR) is 91.0 cm³/mol. The Kier molecular flexibility index (Phi) is 5.85. The van der Waals surface area contributed by atoms with E-state index in [4.69, 9.17) is 0 Å². The van der Waals surface area contributed by atoms with E-state index in [0.717, 1.165) is 19.6 Å². The number of carbonyl (C=O) groups is 1. The monoisotopic (exact) mass is 334 g/mol. The highest BCUT2D eigenvalue weighted by atomic mass is 19.1. The Labute approximate surface area is 143 Å². The highest BCUT2D eigenvalue weighted by molar-refractivity contribution is 5.79. The van der Waals surface area contributed by atoms with Crippen molar-refractivity contribution in [3.05, 3.63) is 35.6 Å². The van der Waals surface area contributed by atoms with Crippen molar-refractivity contribution >= 4 is 5.91 Å². The quantitative estimate of drug-likeness (QED) is 0.895. The van der Waals surface area contributed by atoms with Gasteiger partial charge in [-0.15, -0.1) is 0 Å². The maximum atomic E-state index is 13.7. The number of aliphatic hydroxyl groups excluding tert-OH is 1. The molecule has 2 saturated heterocycles. The Bertz CT molecular complexity index is 560. The molecule has 0 aromatic heterocycles. The van der Waals surface area contributed by atoms with Crippen molar-refractivity contribution in [2.45, 2.75) is 25.7 Å². The Morgan fingerprint density at radius 2 is 1.83 bits per heavy atom. The molecule has 0 aliphatic carbocycles. The summed E-state index contributed by atoms with van der Waals surface area (Å²) < 4.78 is 13.7. The largest absolute Gasteiger partial charge is 0.396 e. The van der Waals surface area contributed by atoms with Crippen LogP contribution >= 0.6 is 0 Å². The van der Waals surface area contributed by atoms with E-state index in [-0.39, 0.29) is 30.7 Å². The van der Waals surface area contributed by atoms with Crippen LogP contribution < -0.4 is 0 Å². The van der Waals surface area contributed by atoms with Crippen molar-refractivity contribution in [3.8, 4) is 0 Å². The first-order valence-electron chi connectivity index (χ1n) is 9.01. The van der Waals surface area contributed by atoms with Gasteiger partial charge in [0.15, 0.2) is 0 Å². The predicted octanol–water partition coefficient (Wildman–Crippen LogP) is 1.92. The fraction of sp³-hybridized carbons (Fsp3) is 0.632. The first kappa shape index (κ1) is 17.4. The first-order chi connectivity index (χ1) is 11.7. The van der Waals surface area contributed by atoms with E-state index in [9.17, 15) is 14.3 Å². The van der Waals surface area contributed by atoms with Crippen LogP contribution in [0, 0.1) is 17.7 Å². The summed E-state index contributed by atoms with van der Waals surface area (Å²) in [7, 11) is 0. The molecule has 5 heteroatoms. The summed E-state index contributed by atoms with van der Waals surface area (Å²) in [5, 5.41) is 9.68. The summed E-state index contributed by atoms with van der Waals surface area (Å²) in [6.45, 7) is 4.57. The van der Waals surface area contributed by atoms with Crippen LogP contribution in [0.3, 0.4) is 0 Å². The molecule has 2 fully saturated rings. The molecule has 2 atom stereocenters. The van der Waals surface area contributed by atoms with E-state index in [1.807, 2.05) is 4.90 Å². The minimum atomic E-state index is -0.325. The molecule has 0 unspecified atom stereocenters. The standard InChI is InChI=1S/C19H27FN2O2/c20-18-7-3-2-6-15(18)10-19(24)22-12-16(17(13-22)14-23)11-21-8-4-1-5-9-21/h2-3,6-7,16-17,23H,1,4-5,8-14H2/t16-,17-/m0/s1. The SMILES string of the molecule is O=C(Cc1ccccc1F)N1C[C@@H](CO)[C@@H](CN2CCCCC2)C1. The number of halogens is 1. The second-order valence-corrected chi connectivity index (χ2v) is 7.13. The molecule has 0 radical (unpaired) electrons. The van der Waals surface area contributed by atoms with Crippen molar-refractivity contribution in [1.29, 1.82) is 0 Å². The maximum absolute atomic E-state index is 13.7. The second-order valence-electron chi connectivity index (χ2n) is 7.13. The molecule has 2 heterocycles. The molecular weight excluding hydrogens is 307 g/mol. The molecule has 1 amide bonds. The lowest BCUT2D eigenvalue weighted by Crippen LogP contribution is -2.37. The van der Waals surface area contributed by atoms with Crippen LogP contribution in [0.4, 0.5) is 4.39 Å². The van der Waals surface area contributed by atoms with E-state index < -0.39 is 0 Å². The normalized spacial score (nSPS) is 25.2. The van der Waals surface area contributed by atoms with Crippen molar-refractivity contribution in [3.63, 3.8) is 0 Å². The Morgan fingerprint density at radius 3 is 2.54 bits per heavy atom. The molecule has 2 aliphatic heterocycles. The summed E-state index contributed by atoms with van der Waals surface area (Å²) in [5.41, 5.74) is 0.447. The van der Waals surface area contributed by atoms with Crippen molar-refractivity contribution in [1.82, 2.24) is 9.80 Å². The number of nitrogens with zero attached hydrogens (tertiary/aromatic N) is 2. The van der Waals surface area contributed by atoms with Crippen molar-refractivity contribution in [2.75, 3.05) is 39.3 Å². The van der Waals surface area contributed by atoms with Crippen LogP contribution in [0.15, 0.2) is 24.3 Å². The Hall–Kier alpha value is -1.46. The third-order valence-electron chi connectivity index (χ3n) is 5.40. The van der Waals surface area contributed by atoms with Gasteiger partial charge in [0.1, 0.15) is 5.82 Å². The number of likely N-dealkylation sites (tertiary alicyclic amines) is 2. The van der Waals surface area contributed by atoms with Gasteiger partial charge in [0.05, 0.1) is 6.42 Å². The minimum absolute atomic E-state index is 0.0419. The van der Waals surface area contributed by atoms with Crippen LogP contribution in [0.5, 0.6) is 0 Å². The van der Waals surface area contributed by atoms with Gasteiger partial charge in [0.25, 0.3) is 0 Å². The van der Waals surface area contributed by atoms with Gasteiger partial charge >= 0.3 is 0 Å². The first-order valence-corrected chi connectivity index (χ1v) is 9.01. The zero-order chi connectivity index (χ0) is 16.9. The van der Waals surface area contributed by atoms with Crippen LogP contribution in [0.25, 0.3) is 0 Å². The molecule has 0 spiro atoms. The molecule has 132 valence electrons. The van der Waals surface area contributed by atoms with Gasteiger partial charge in [-0.3, -0.25) is 4.79 Å². The number of piperidine rings is 1. The lowest BCUT2D eigenvalue weighted by atomic mass is 9.95. The highest BCUT2D eigenvalue weighted by Crippen LogP contribution is 2.26. The van der Waals surface area contributed by atoms with Gasteiger partial charge in [-0.2, -0.15) is 0 Å². The van der Waals surface area contributed by atoms with Crippen molar-refractivity contribution < 1.29 is 14.3 Å². The number of aliphatic hydroxyl groups is 1. The number of amides is 1. The summed E-state index contributed by atoms with van der Waals surface area (Å²) in [5.74, 6) is 0.0856. The second kappa shape index (κ2) is 8.08. The topological polar surface area (TPSA) is 43.8 Å². The molecule has 0 bridgehead atoms. The zero-order valence-electron chi connectivity index (χ0n) is 14.2. The molecule has 1 aromatic rings. The molecule has 24 heavy (non-hydrogen) atoms. The van der Waals surface area contributed by atoms with Gasteiger partial charge in [-0.1, -0.05) is 24.6 Å². The van der Waals surface area contributed by atoms with E-state index >= 15 is 0 Å². The average Bonchev–Trinajstić information content (AvgIpc) is 3.01. The summed E-state index contributed by atoms with van der Waals surface area (Å²) in [6, 6.07) is 6.45. The van der Waals surface area contributed by atoms with Gasteiger partial charge < -0.3 is 14.9 Å². The van der Waals surface area contributed by atoms with E-state index in [0.29, 0.717) is 24.6 Å². The number of carbonyl (C=O) groups excluding carboxylic acids is 1. The van der Waals surface area contributed by atoms with E-state index in [1.54, 1.807) is 18.2 Å². The van der Waals surface area contributed by atoms with Crippen LogP contribution in [-0.4, -0.2) is 60.1 Å². The molecule has 3 rings (SSSR count). The van der Waals surface area contributed by atoms with E-state index in [2.05, 4.69) is 4.90 Å². The minimum Gasteiger partial charge on any atom is -0.396 e. The van der Waals surface area contributed by atoms with Gasteiger partial charge in [0.2, 0.25) is 5.91 Å². The number of hydrogen-bond donors (Lipinski definition) is 1. The lowest BCUT2D eigenvalue weighted by Gasteiger charge is -2.30. The third kappa shape index (κ3) is 4.14. The maximum Gasteiger partial charge on any atom is 0.227 e. The number of hydrogen-bond acceptors (Lipinski definition) is 3. The summed E-state index contributed by atoms with van der Waals surface area (Å²) in [4.78, 5) is 16.8. The Morgan fingerprint density at radius 1 is 1.12 bits per heavy atom. The van der Waals surface area contributed by atoms with Gasteiger partial charge in [-0.25, -0.2) is 4.39 Å². The molecule has 2 aliphatic rings. The van der Waals surface area contributed by atoms with Crippen LogP contribution in [-0.2, 0) is 11.2 Å². The summed E-state index contributed by atoms with van der Waals surface area (Å²) in [6.07, 6.45) is 3.89. The zero-order valence-corrected chi connectivity index (χ0v) is 14.2. The molecule has 1 aromatic carbocycles. The van der Waals surface area contributed by atoms with Crippen LogP contribution in [0.1, 0.15) is 24.8 Å². The lowest BCUT2D eigenvalue weighted by molar-refractivity contribution is -0.129. The van der Waals surface area contributed by atoms with Crippen molar-refractivity contribution in [2.24, 2.45) is 11.8 Å². The smallest absolute Gasteiger partial charge is 0.227 e. The summed E-state index contributed by atoms with van der Waals surface area (Å²) >= 11 is 0.